The lowest BCUT2D eigenvalue weighted by Gasteiger charge is -2.43. The molecule has 0 radical (unpaired) electrons. The van der Waals surface area contributed by atoms with Crippen molar-refractivity contribution in [3.63, 3.8) is 0 Å². The number of carbonyl (C=O) groups is 1. The van der Waals surface area contributed by atoms with Gasteiger partial charge in [-0.3, -0.25) is 4.79 Å². The van der Waals surface area contributed by atoms with Crippen molar-refractivity contribution >= 4 is 11.6 Å². The number of anilines is 1. The van der Waals surface area contributed by atoms with Gasteiger partial charge >= 0.3 is 0 Å². The molecule has 0 aliphatic heterocycles. The summed E-state index contributed by atoms with van der Waals surface area (Å²) in [6.45, 7) is 4.41. The first kappa shape index (κ1) is 12.9. The average molecular weight is 246 g/mol. The fourth-order valence-electron chi connectivity index (χ4n) is 3.04. The van der Waals surface area contributed by atoms with Crippen LogP contribution in [0.3, 0.4) is 0 Å². The second kappa shape index (κ2) is 4.63. The molecule has 1 atom stereocenters. The number of amides is 1. The Bertz CT molecular complexity index is 427. The van der Waals surface area contributed by atoms with Crippen molar-refractivity contribution in [3.05, 3.63) is 30.3 Å². The van der Waals surface area contributed by atoms with Crippen LogP contribution in [0.1, 0.15) is 39.5 Å². The first-order chi connectivity index (χ1) is 8.44. The molecular formula is C15H22N2O. The van der Waals surface area contributed by atoms with E-state index in [0.717, 1.165) is 31.4 Å². The van der Waals surface area contributed by atoms with E-state index in [4.69, 9.17) is 5.73 Å². The minimum Gasteiger partial charge on any atom is -0.371 e. The molecule has 0 saturated heterocycles. The van der Waals surface area contributed by atoms with Crippen LogP contribution in [-0.2, 0) is 4.79 Å². The molecule has 1 saturated carbocycles. The third-order valence-corrected chi connectivity index (χ3v) is 3.87. The smallest absolute Gasteiger partial charge is 0.243 e. The number of benzene rings is 1. The third kappa shape index (κ3) is 2.66. The van der Waals surface area contributed by atoms with Gasteiger partial charge in [-0.2, -0.15) is 0 Å². The van der Waals surface area contributed by atoms with E-state index in [9.17, 15) is 4.79 Å². The van der Waals surface area contributed by atoms with Gasteiger partial charge in [0.25, 0.3) is 0 Å². The molecular weight excluding hydrogens is 224 g/mol. The van der Waals surface area contributed by atoms with Crippen LogP contribution < -0.4 is 11.1 Å². The summed E-state index contributed by atoms with van der Waals surface area (Å²) in [6.07, 6.45) is 3.80. The molecule has 3 nitrogen and oxygen atoms in total. The molecule has 1 aliphatic carbocycles. The van der Waals surface area contributed by atoms with Crippen molar-refractivity contribution in [1.29, 1.82) is 0 Å². The number of hydrogen-bond donors (Lipinski definition) is 2. The van der Waals surface area contributed by atoms with E-state index in [1.165, 1.54) is 0 Å². The van der Waals surface area contributed by atoms with Crippen LogP contribution >= 0.6 is 0 Å². The lowest BCUT2D eigenvalue weighted by molar-refractivity contribution is -0.124. The maximum absolute atomic E-state index is 11.9. The SMILES string of the molecule is CC1(C)CCCC(Nc2ccccc2)(C(N)=O)C1. The van der Waals surface area contributed by atoms with Crippen LogP contribution in [0, 0.1) is 5.41 Å². The van der Waals surface area contributed by atoms with Gasteiger partial charge in [-0.25, -0.2) is 0 Å². The van der Waals surface area contributed by atoms with Crippen LogP contribution in [0.15, 0.2) is 30.3 Å². The summed E-state index contributed by atoms with van der Waals surface area (Å²) in [5.74, 6) is -0.237. The summed E-state index contributed by atoms with van der Waals surface area (Å²) in [7, 11) is 0. The van der Waals surface area contributed by atoms with E-state index < -0.39 is 5.54 Å². The predicted octanol–water partition coefficient (Wildman–Crippen LogP) is 2.92. The highest BCUT2D eigenvalue weighted by molar-refractivity contribution is 5.88. The minimum absolute atomic E-state index is 0.162. The summed E-state index contributed by atoms with van der Waals surface area (Å²) in [4.78, 5) is 11.9. The van der Waals surface area contributed by atoms with E-state index in [1.807, 2.05) is 30.3 Å². The first-order valence-corrected chi connectivity index (χ1v) is 6.57. The molecule has 1 aliphatic rings. The average Bonchev–Trinajstić information content (AvgIpc) is 2.28. The third-order valence-electron chi connectivity index (χ3n) is 3.87. The van der Waals surface area contributed by atoms with E-state index in [1.54, 1.807) is 0 Å². The molecule has 1 fully saturated rings. The fraction of sp³-hybridized carbons (Fsp3) is 0.533. The van der Waals surface area contributed by atoms with Crippen molar-refractivity contribution in [2.45, 2.75) is 45.1 Å². The highest BCUT2D eigenvalue weighted by Crippen LogP contribution is 2.42. The quantitative estimate of drug-likeness (QED) is 0.861. The zero-order valence-electron chi connectivity index (χ0n) is 11.2. The van der Waals surface area contributed by atoms with Crippen molar-refractivity contribution in [1.82, 2.24) is 0 Å². The molecule has 0 bridgehead atoms. The number of primary amides is 1. The zero-order valence-corrected chi connectivity index (χ0v) is 11.2. The second-order valence-corrected chi connectivity index (χ2v) is 6.13. The van der Waals surface area contributed by atoms with Gasteiger partial charge in [0.15, 0.2) is 0 Å². The lowest BCUT2D eigenvalue weighted by Crippen LogP contribution is -2.55. The van der Waals surface area contributed by atoms with Gasteiger partial charge in [0.2, 0.25) is 5.91 Å². The maximum atomic E-state index is 11.9. The molecule has 0 aromatic heterocycles. The monoisotopic (exact) mass is 246 g/mol. The highest BCUT2D eigenvalue weighted by Gasteiger charge is 2.44. The molecule has 1 amide bonds. The van der Waals surface area contributed by atoms with Gasteiger partial charge in [-0.05, 0) is 36.8 Å². The summed E-state index contributed by atoms with van der Waals surface area (Å²) in [5.41, 5.74) is 6.20. The predicted molar refractivity (Wildman–Crippen MR) is 74.2 cm³/mol. The van der Waals surface area contributed by atoms with Crippen molar-refractivity contribution < 1.29 is 4.79 Å². The van der Waals surface area contributed by atoms with Gasteiger partial charge in [-0.1, -0.05) is 38.5 Å². The Kier molecular flexibility index (Phi) is 3.33. The van der Waals surface area contributed by atoms with Gasteiger partial charge in [-0.15, -0.1) is 0 Å². The molecule has 1 unspecified atom stereocenters. The first-order valence-electron chi connectivity index (χ1n) is 6.57. The van der Waals surface area contributed by atoms with Crippen LogP contribution in [-0.4, -0.2) is 11.4 Å². The summed E-state index contributed by atoms with van der Waals surface area (Å²) in [5, 5.41) is 3.37. The van der Waals surface area contributed by atoms with Crippen LogP contribution in [0.25, 0.3) is 0 Å². The molecule has 98 valence electrons. The number of carbonyl (C=O) groups excluding carboxylic acids is 1. The Morgan fingerprint density at radius 2 is 1.89 bits per heavy atom. The summed E-state index contributed by atoms with van der Waals surface area (Å²) >= 11 is 0. The number of nitrogens with two attached hydrogens (primary N) is 1. The lowest BCUT2D eigenvalue weighted by atomic mass is 9.67. The Labute approximate surface area is 109 Å². The summed E-state index contributed by atoms with van der Waals surface area (Å²) < 4.78 is 0. The minimum atomic E-state index is -0.594. The van der Waals surface area contributed by atoms with Gasteiger partial charge in [0, 0.05) is 5.69 Å². The fourth-order valence-corrected chi connectivity index (χ4v) is 3.04. The van der Waals surface area contributed by atoms with Gasteiger partial charge in [0.1, 0.15) is 5.54 Å². The Balaban J connectivity index is 2.25. The summed E-state index contributed by atoms with van der Waals surface area (Å²) in [6, 6.07) is 9.85. The normalized spacial score (nSPS) is 26.6. The van der Waals surface area contributed by atoms with Crippen LogP contribution in [0.5, 0.6) is 0 Å². The van der Waals surface area contributed by atoms with Crippen LogP contribution in [0.4, 0.5) is 5.69 Å². The zero-order chi connectivity index (χ0) is 13.2. The standard InChI is InChI=1S/C15H22N2O/c1-14(2)9-6-10-15(11-14,13(16)18)17-12-7-4-3-5-8-12/h3-5,7-8,17H,6,9-11H2,1-2H3,(H2,16,18). The largest absolute Gasteiger partial charge is 0.371 e. The van der Waals surface area contributed by atoms with Crippen molar-refractivity contribution in [2.75, 3.05) is 5.32 Å². The van der Waals surface area contributed by atoms with E-state index in [0.29, 0.717) is 0 Å². The molecule has 1 aromatic carbocycles. The number of nitrogens with one attached hydrogen (secondary N) is 1. The molecule has 1 aromatic rings. The Morgan fingerprint density at radius 3 is 2.44 bits per heavy atom. The van der Waals surface area contributed by atoms with Crippen molar-refractivity contribution in [3.8, 4) is 0 Å². The van der Waals surface area contributed by atoms with Gasteiger partial charge < -0.3 is 11.1 Å². The molecule has 3 heteroatoms. The van der Waals surface area contributed by atoms with E-state index in [2.05, 4.69) is 19.2 Å². The number of hydrogen-bond acceptors (Lipinski definition) is 2. The highest BCUT2D eigenvalue weighted by atomic mass is 16.1. The molecule has 3 N–H and O–H groups in total. The van der Waals surface area contributed by atoms with Crippen LogP contribution in [0.2, 0.25) is 0 Å². The molecule has 0 spiro atoms. The van der Waals surface area contributed by atoms with E-state index in [-0.39, 0.29) is 11.3 Å². The Morgan fingerprint density at radius 1 is 1.22 bits per heavy atom. The number of rotatable bonds is 3. The maximum Gasteiger partial charge on any atom is 0.243 e. The molecule has 18 heavy (non-hydrogen) atoms. The van der Waals surface area contributed by atoms with Gasteiger partial charge in [0.05, 0.1) is 0 Å². The van der Waals surface area contributed by atoms with E-state index >= 15 is 0 Å². The second-order valence-electron chi connectivity index (χ2n) is 6.13. The van der Waals surface area contributed by atoms with Crippen molar-refractivity contribution in [2.24, 2.45) is 11.1 Å². The number of para-hydroxylation sites is 1. The Hall–Kier alpha value is -1.51. The molecule has 0 heterocycles. The molecule has 2 rings (SSSR count). The topological polar surface area (TPSA) is 55.1 Å².